The molecule has 0 bridgehead atoms. The largest absolute Gasteiger partial charge is 0.480 e. The fraction of sp³-hybridized carbons (Fsp3) is 0.333. The zero-order valence-electron chi connectivity index (χ0n) is 15.4. The van der Waals surface area contributed by atoms with Gasteiger partial charge in [-0.05, 0) is 12.1 Å². The number of alkyl halides is 2. The number of nitrogens with zero attached hydrogens (tertiary/aromatic N) is 4. The van der Waals surface area contributed by atoms with E-state index in [9.17, 15) is 13.6 Å². The van der Waals surface area contributed by atoms with Gasteiger partial charge in [-0.1, -0.05) is 0 Å². The Kier molecular flexibility index (Phi) is 3.78. The van der Waals surface area contributed by atoms with E-state index in [1.165, 1.54) is 32.8 Å². The lowest BCUT2D eigenvalue weighted by molar-refractivity contribution is -0.123. The van der Waals surface area contributed by atoms with Crippen molar-refractivity contribution in [3.05, 3.63) is 30.4 Å². The maximum atomic E-state index is 13.9. The van der Waals surface area contributed by atoms with Crippen LogP contribution in [0.1, 0.15) is 12.1 Å². The number of fused-ring (bicyclic) bond motifs is 1. The normalized spacial score (nSPS) is 20.2. The van der Waals surface area contributed by atoms with Crippen molar-refractivity contribution in [2.75, 3.05) is 14.2 Å². The van der Waals surface area contributed by atoms with Crippen LogP contribution in [0.15, 0.2) is 24.7 Å². The van der Waals surface area contributed by atoms with Crippen molar-refractivity contribution >= 4 is 16.8 Å². The summed E-state index contributed by atoms with van der Waals surface area (Å²) in [5, 5.41) is 0.610. The van der Waals surface area contributed by atoms with Gasteiger partial charge in [-0.15, -0.1) is 0 Å². The van der Waals surface area contributed by atoms with E-state index < -0.39 is 23.7 Å². The highest BCUT2D eigenvalue weighted by molar-refractivity contribution is 5.94. The summed E-state index contributed by atoms with van der Waals surface area (Å²) >= 11 is 0. The van der Waals surface area contributed by atoms with E-state index in [1.807, 2.05) is 0 Å². The highest BCUT2D eigenvalue weighted by Crippen LogP contribution is 2.61. The van der Waals surface area contributed by atoms with Crippen LogP contribution in [-0.4, -0.2) is 45.6 Å². The minimum Gasteiger partial charge on any atom is -0.480 e. The Bertz CT molecular complexity index is 1090. The Balaban J connectivity index is 1.91. The van der Waals surface area contributed by atoms with E-state index in [0.29, 0.717) is 33.9 Å². The lowest BCUT2D eigenvalue weighted by Crippen LogP contribution is -2.34. The number of hydrogen-bond acceptors (Lipinski definition) is 6. The number of carbonyl (C=O) groups excluding carboxylic acids is 1. The molecular formula is C18H17F2N5O3. The molecule has 1 unspecified atom stereocenters. The van der Waals surface area contributed by atoms with Crippen LogP contribution in [0.2, 0.25) is 0 Å². The molecule has 0 aromatic carbocycles. The van der Waals surface area contributed by atoms with Gasteiger partial charge in [-0.2, -0.15) is 0 Å². The van der Waals surface area contributed by atoms with Gasteiger partial charge in [-0.25, -0.2) is 18.7 Å². The van der Waals surface area contributed by atoms with Gasteiger partial charge < -0.3 is 19.8 Å². The first-order valence-corrected chi connectivity index (χ1v) is 8.34. The number of nitrogens with two attached hydrogens (primary N) is 1. The second-order valence-corrected chi connectivity index (χ2v) is 6.63. The molecule has 0 radical (unpaired) electrons. The van der Waals surface area contributed by atoms with E-state index in [-0.39, 0.29) is 5.69 Å². The summed E-state index contributed by atoms with van der Waals surface area (Å²) in [6.45, 7) is 0. The Morgan fingerprint density at radius 3 is 2.29 bits per heavy atom. The summed E-state index contributed by atoms with van der Waals surface area (Å²) in [5.41, 5.74) is 4.98. The number of methoxy groups -OCH3 is 2. The fourth-order valence-electron chi connectivity index (χ4n) is 3.55. The van der Waals surface area contributed by atoms with E-state index in [2.05, 4.69) is 15.0 Å². The minimum atomic E-state index is -3.20. The third-order valence-corrected chi connectivity index (χ3v) is 5.19. The van der Waals surface area contributed by atoms with Crippen molar-refractivity contribution in [2.45, 2.75) is 17.8 Å². The van der Waals surface area contributed by atoms with Gasteiger partial charge in [-0.3, -0.25) is 9.78 Å². The number of aromatic nitrogens is 4. The molecule has 1 saturated carbocycles. The van der Waals surface area contributed by atoms with Crippen LogP contribution in [0.3, 0.4) is 0 Å². The van der Waals surface area contributed by atoms with E-state index in [4.69, 9.17) is 15.2 Å². The smallest absolute Gasteiger partial charge is 0.269 e. The molecule has 28 heavy (non-hydrogen) atoms. The van der Waals surface area contributed by atoms with Crippen LogP contribution >= 0.6 is 0 Å². The molecule has 146 valence electrons. The number of carbonyl (C=O) groups is 1. The standard InChI is InChI=1S/C18H17F2N5O3/c1-25-10(13-14(27-2)23-8-24-15(13)28-3)4-9-5-12(22-6-11(9)25)17(16(21)26)7-18(17,19)20/h4-6,8H,7H2,1-3H3,(H2,21,26). The zero-order chi connectivity index (χ0) is 20.3. The number of hydrogen-bond donors (Lipinski definition) is 1. The molecule has 1 fully saturated rings. The number of amides is 1. The van der Waals surface area contributed by atoms with Crippen molar-refractivity contribution in [1.29, 1.82) is 0 Å². The number of aryl methyl sites for hydroxylation is 1. The first-order chi connectivity index (χ1) is 13.3. The summed E-state index contributed by atoms with van der Waals surface area (Å²) in [6.07, 6.45) is 2.12. The van der Waals surface area contributed by atoms with E-state index in [1.54, 1.807) is 17.7 Å². The predicted molar refractivity (Wildman–Crippen MR) is 95.3 cm³/mol. The van der Waals surface area contributed by atoms with Crippen LogP contribution in [-0.2, 0) is 17.3 Å². The van der Waals surface area contributed by atoms with Crippen molar-refractivity contribution in [2.24, 2.45) is 12.8 Å². The Morgan fingerprint density at radius 2 is 1.79 bits per heavy atom. The van der Waals surface area contributed by atoms with Crippen LogP contribution < -0.4 is 15.2 Å². The molecule has 3 aromatic heterocycles. The quantitative estimate of drug-likeness (QED) is 0.714. The molecule has 0 saturated heterocycles. The maximum Gasteiger partial charge on any atom is 0.269 e. The zero-order valence-corrected chi connectivity index (χ0v) is 15.4. The van der Waals surface area contributed by atoms with E-state index >= 15 is 0 Å². The number of ether oxygens (including phenoxy) is 2. The molecule has 8 nitrogen and oxygen atoms in total. The summed E-state index contributed by atoms with van der Waals surface area (Å²) in [6, 6.07) is 3.21. The summed E-state index contributed by atoms with van der Waals surface area (Å²) in [5.74, 6) is -3.68. The molecular weight excluding hydrogens is 372 g/mol. The molecule has 10 heteroatoms. The summed E-state index contributed by atoms with van der Waals surface area (Å²) < 4.78 is 40.3. The summed E-state index contributed by atoms with van der Waals surface area (Å²) in [7, 11) is 4.72. The van der Waals surface area contributed by atoms with Crippen molar-refractivity contribution in [1.82, 2.24) is 19.5 Å². The summed E-state index contributed by atoms with van der Waals surface area (Å²) in [4.78, 5) is 24.1. The van der Waals surface area contributed by atoms with Gasteiger partial charge in [0, 0.05) is 18.9 Å². The lowest BCUT2D eigenvalue weighted by Gasteiger charge is -2.12. The Labute approximate surface area is 158 Å². The van der Waals surface area contributed by atoms with Gasteiger partial charge in [0.1, 0.15) is 11.9 Å². The maximum absolute atomic E-state index is 13.9. The number of primary amides is 1. The highest BCUT2D eigenvalue weighted by Gasteiger charge is 2.77. The fourth-order valence-corrected chi connectivity index (χ4v) is 3.55. The molecule has 1 atom stereocenters. The van der Waals surface area contributed by atoms with Gasteiger partial charge in [0.2, 0.25) is 17.7 Å². The van der Waals surface area contributed by atoms with Crippen molar-refractivity contribution in [3.63, 3.8) is 0 Å². The van der Waals surface area contributed by atoms with Gasteiger partial charge >= 0.3 is 0 Å². The second-order valence-electron chi connectivity index (χ2n) is 6.63. The third-order valence-electron chi connectivity index (χ3n) is 5.19. The number of halogens is 2. The molecule has 1 aliphatic carbocycles. The van der Waals surface area contributed by atoms with Gasteiger partial charge in [0.25, 0.3) is 5.92 Å². The van der Waals surface area contributed by atoms with Crippen LogP contribution in [0.25, 0.3) is 22.2 Å². The van der Waals surface area contributed by atoms with Gasteiger partial charge in [0.15, 0.2) is 5.41 Å². The molecule has 3 heterocycles. The average Bonchev–Trinajstić information content (AvgIpc) is 3.14. The molecule has 4 rings (SSSR count). The molecule has 3 aromatic rings. The number of pyridine rings is 1. The van der Waals surface area contributed by atoms with Crippen molar-refractivity contribution in [3.8, 4) is 23.0 Å². The van der Waals surface area contributed by atoms with Gasteiger partial charge in [0.05, 0.1) is 37.3 Å². The minimum absolute atomic E-state index is 0.0436. The van der Waals surface area contributed by atoms with Crippen LogP contribution in [0, 0.1) is 0 Å². The van der Waals surface area contributed by atoms with Crippen molar-refractivity contribution < 1.29 is 23.0 Å². The van der Waals surface area contributed by atoms with E-state index in [0.717, 1.165) is 0 Å². The molecule has 2 N–H and O–H groups in total. The predicted octanol–water partition coefficient (Wildman–Crippen LogP) is 1.81. The Morgan fingerprint density at radius 1 is 1.18 bits per heavy atom. The third kappa shape index (κ3) is 2.26. The monoisotopic (exact) mass is 389 g/mol. The molecule has 1 amide bonds. The first-order valence-electron chi connectivity index (χ1n) is 8.34. The lowest BCUT2D eigenvalue weighted by atomic mass is 9.99. The SMILES string of the molecule is COc1ncnc(OC)c1-c1cc2cc(C3(C(N)=O)CC3(F)F)ncc2n1C. The second kappa shape index (κ2) is 5.85. The average molecular weight is 389 g/mol. The van der Waals surface area contributed by atoms with Crippen LogP contribution in [0.5, 0.6) is 11.8 Å². The highest BCUT2D eigenvalue weighted by atomic mass is 19.3. The van der Waals surface area contributed by atoms with Crippen LogP contribution in [0.4, 0.5) is 8.78 Å². The first kappa shape index (κ1) is 18.1. The molecule has 0 aliphatic heterocycles. The number of rotatable bonds is 5. The molecule has 1 aliphatic rings. The molecule has 0 spiro atoms. The Hall–Kier alpha value is -3.30. The topological polar surface area (TPSA) is 105 Å².